The Bertz CT molecular complexity index is 151. The van der Waals surface area contributed by atoms with E-state index in [2.05, 4.69) is 0 Å². The molecule has 1 atom stereocenters. The largest absolute Gasteiger partial charge is 0.395 e. The van der Waals surface area contributed by atoms with E-state index in [0.29, 0.717) is 0 Å². The number of aliphatic hydroxyl groups is 1. The lowest BCUT2D eigenvalue weighted by molar-refractivity contribution is 0.245. The number of aliphatic hydroxyl groups excluding tert-OH is 1. The third-order valence-corrected chi connectivity index (χ3v) is 3.56. The second-order valence-electron chi connectivity index (χ2n) is 4.86. The quantitative estimate of drug-likeness (QED) is 0.656. The molecule has 2 fully saturated rings. The Kier molecular flexibility index (Phi) is 2.89. The van der Waals surface area contributed by atoms with Gasteiger partial charge in [-0.3, -0.25) is 0 Å². The Hall–Kier alpha value is -0.0800. The van der Waals surface area contributed by atoms with E-state index >= 15 is 0 Å². The van der Waals surface area contributed by atoms with Gasteiger partial charge in [-0.15, -0.1) is 0 Å². The van der Waals surface area contributed by atoms with Crippen LogP contribution in [0.25, 0.3) is 0 Å². The number of rotatable bonds is 6. The van der Waals surface area contributed by atoms with Gasteiger partial charge in [0.25, 0.3) is 0 Å². The van der Waals surface area contributed by atoms with Crippen LogP contribution in [0.3, 0.4) is 0 Å². The molecule has 2 rings (SSSR count). The molecule has 0 heterocycles. The van der Waals surface area contributed by atoms with Crippen molar-refractivity contribution in [3.8, 4) is 0 Å². The summed E-state index contributed by atoms with van der Waals surface area (Å²) in [5.74, 6) is 3.01. The second kappa shape index (κ2) is 3.97. The molecule has 76 valence electrons. The summed E-state index contributed by atoms with van der Waals surface area (Å²) in [7, 11) is 0. The van der Waals surface area contributed by atoms with Crippen LogP contribution in [0.15, 0.2) is 0 Å². The van der Waals surface area contributed by atoms with Crippen LogP contribution < -0.4 is 5.73 Å². The van der Waals surface area contributed by atoms with E-state index in [1.54, 1.807) is 0 Å². The zero-order valence-electron chi connectivity index (χ0n) is 8.28. The highest BCUT2D eigenvalue weighted by Crippen LogP contribution is 2.51. The van der Waals surface area contributed by atoms with Crippen molar-refractivity contribution in [1.29, 1.82) is 0 Å². The summed E-state index contributed by atoms with van der Waals surface area (Å²) >= 11 is 0. The zero-order valence-corrected chi connectivity index (χ0v) is 8.28. The van der Waals surface area contributed by atoms with Crippen molar-refractivity contribution in [3.63, 3.8) is 0 Å². The first-order valence-electron chi connectivity index (χ1n) is 5.67. The van der Waals surface area contributed by atoms with Crippen LogP contribution in [0.5, 0.6) is 0 Å². The van der Waals surface area contributed by atoms with Gasteiger partial charge in [-0.1, -0.05) is 0 Å². The SMILES string of the molecule is NC(CO)CCC(C1CC1)C1CC1. The monoisotopic (exact) mass is 183 g/mol. The molecule has 2 saturated carbocycles. The molecule has 0 amide bonds. The molecule has 0 radical (unpaired) electrons. The fourth-order valence-corrected chi connectivity index (χ4v) is 2.40. The standard InChI is InChI=1S/C11H21NO/c12-10(7-13)5-6-11(8-1-2-8)9-3-4-9/h8-11,13H,1-7,12H2. The van der Waals surface area contributed by atoms with Gasteiger partial charge in [-0.2, -0.15) is 0 Å². The smallest absolute Gasteiger partial charge is 0.0582 e. The van der Waals surface area contributed by atoms with Crippen molar-refractivity contribution in [2.45, 2.75) is 44.6 Å². The molecule has 0 bridgehead atoms. The van der Waals surface area contributed by atoms with Crippen molar-refractivity contribution in [2.75, 3.05) is 6.61 Å². The van der Waals surface area contributed by atoms with Crippen LogP contribution in [0.4, 0.5) is 0 Å². The Morgan fingerprint density at radius 2 is 1.62 bits per heavy atom. The fraction of sp³-hybridized carbons (Fsp3) is 1.00. The van der Waals surface area contributed by atoms with Gasteiger partial charge in [0.05, 0.1) is 6.61 Å². The van der Waals surface area contributed by atoms with Crippen molar-refractivity contribution in [1.82, 2.24) is 0 Å². The van der Waals surface area contributed by atoms with Gasteiger partial charge in [0, 0.05) is 6.04 Å². The average molecular weight is 183 g/mol. The molecule has 0 spiro atoms. The van der Waals surface area contributed by atoms with Crippen LogP contribution in [0.2, 0.25) is 0 Å². The predicted octanol–water partition coefficient (Wildman–Crippen LogP) is 1.52. The summed E-state index contributed by atoms with van der Waals surface area (Å²) in [6.45, 7) is 0.155. The maximum absolute atomic E-state index is 8.83. The Balaban J connectivity index is 1.70. The Labute approximate surface area is 80.5 Å². The fourth-order valence-electron chi connectivity index (χ4n) is 2.40. The highest BCUT2D eigenvalue weighted by molar-refractivity contribution is 4.91. The molecular weight excluding hydrogens is 162 g/mol. The molecule has 2 nitrogen and oxygen atoms in total. The third kappa shape index (κ3) is 2.68. The van der Waals surface area contributed by atoms with Crippen molar-refractivity contribution in [2.24, 2.45) is 23.5 Å². The summed E-state index contributed by atoms with van der Waals surface area (Å²) < 4.78 is 0. The zero-order chi connectivity index (χ0) is 9.26. The van der Waals surface area contributed by atoms with Gasteiger partial charge in [0.2, 0.25) is 0 Å². The third-order valence-electron chi connectivity index (χ3n) is 3.56. The lowest BCUT2D eigenvalue weighted by atomic mass is 9.91. The summed E-state index contributed by atoms with van der Waals surface area (Å²) in [6, 6.07) is 0.0278. The van der Waals surface area contributed by atoms with E-state index < -0.39 is 0 Å². The van der Waals surface area contributed by atoms with Gasteiger partial charge < -0.3 is 10.8 Å². The molecule has 13 heavy (non-hydrogen) atoms. The highest BCUT2D eigenvalue weighted by atomic mass is 16.3. The maximum atomic E-state index is 8.83. The van der Waals surface area contributed by atoms with E-state index in [9.17, 15) is 0 Å². The molecule has 0 saturated heterocycles. The molecule has 0 aromatic rings. The Morgan fingerprint density at radius 1 is 1.08 bits per heavy atom. The van der Waals surface area contributed by atoms with Crippen LogP contribution in [-0.2, 0) is 0 Å². The van der Waals surface area contributed by atoms with E-state index in [-0.39, 0.29) is 12.6 Å². The molecule has 0 aromatic heterocycles. The normalized spacial score (nSPS) is 25.2. The van der Waals surface area contributed by atoms with Crippen molar-refractivity contribution in [3.05, 3.63) is 0 Å². The number of nitrogens with two attached hydrogens (primary N) is 1. The Morgan fingerprint density at radius 3 is 2.00 bits per heavy atom. The van der Waals surface area contributed by atoms with E-state index in [4.69, 9.17) is 10.8 Å². The lowest BCUT2D eigenvalue weighted by Crippen LogP contribution is -2.25. The van der Waals surface area contributed by atoms with E-state index in [1.165, 1.54) is 32.1 Å². The van der Waals surface area contributed by atoms with Crippen LogP contribution in [-0.4, -0.2) is 17.8 Å². The maximum Gasteiger partial charge on any atom is 0.0582 e. The molecule has 2 heteroatoms. The van der Waals surface area contributed by atoms with Crippen molar-refractivity contribution < 1.29 is 5.11 Å². The second-order valence-corrected chi connectivity index (χ2v) is 4.86. The minimum Gasteiger partial charge on any atom is -0.395 e. The topological polar surface area (TPSA) is 46.2 Å². The summed E-state index contributed by atoms with van der Waals surface area (Å²) in [6.07, 6.45) is 8.10. The predicted molar refractivity (Wildman–Crippen MR) is 53.2 cm³/mol. The van der Waals surface area contributed by atoms with E-state index in [1.807, 2.05) is 0 Å². The first kappa shape index (κ1) is 9.47. The number of hydrogen-bond donors (Lipinski definition) is 2. The highest BCUT2D eigenvalue weighted by Gasteiger charge is 2.40. The van der Waals surface area contributed by atoms with Crippen LogP contribution in [0.1, 0.15) is 38.5 Å². The summed E-state index contributed by atoms with van der Waals surface area (Å²) in [5, 5.41) is 8.83. The van der Waals surface area contributed by atoms with Crippen LogP contribution in [0, 0.1) is 17.8 Å². The molecule has 0 aromatic carbocycles. The molecule has 0 aliphatic heterocycles. The number of hydrogen-bond acceptors (Lipinski definition) is 2. The molecule has 1 unspecified atom stereocenters. The summed E-state index contributed by atoms with van der Waals surface area (Å²) in [4.78, 5) is 0. The first-order valence-corrected chi connectivity index (χ1v) is 5.67. The van der Waals surface area contributed by atoms with Gasteiger partial charge >= 0.3 is 0 Å². The molecule has 3 N–H and O–H groups in total. The molecular formula is C11H21NO. The molecule has 2 aliphatic carbocycles. The van der Waals surface area contributed by atoms with Gasteiger partial charge in [-0.05, 0) is 56.3 Å². The van der Waals surface area contributed by atoms with Crippen molar-refractivity contribution >= 4 is 0 Å². The minimum atomic E-state index is 0.0278. The summed E-state index contributed by atoms with van der Waals surface area (Å²) in [5.41, 5.74) is 5.71. The van der Waals surface area contributed by atoms with Gasteiger partial charge in [0.15, 0.2) is 0 Å². The average Bonchev–Trinajstić information content (AvgIpc) is 2.98. The lowest BCUT2D eigenvalue weighted by Gasteiger charge is -2.17. The van der Waals surface area contributed by atoms with E-state index in [0.717, 1.165) is 24.2 Å². The first-order chi connectivity index (χ1) is 6.31. The minimum absolute atomic E-state index is 0.0278. The van der Waals surface area contributed by atoms with Gasteiger partial charge in [-0.25, -0.2) is 0 Å². The molecule has 2 aliphatic rings. The van der Waals surface area contributed by atoms with Crippen LogP contribution >= 0.6 is 0 Å². The van der Waals surface area contributed by atoms with Gasteiger partial charge in [0.1, 0.15) is 0 Å².